The molecular weight excluding hydrogens is 444 g/mol. The fraction of sp³-hybridized carbons (Fsp3) is 0.536. The van der Waals surface area contributed by atoms with Crippen molar-refractivity contribution in [1.82, 2.24) is 4.90 Å². The number of carbonyl (C=O) groups is 3. The number of rotatable bonds is 12. The first-order chi connectivity index (χ1) is 17.1. The highest BCUT2D eigenvalue weighted by molar-refractivity contribution is 6.26. The van der Waals surface area contributed by atoms with Crippen molar-refractivity contribution in [2.75, 3.05) is 44.9 Å². The number of unbranched alkanes of at least 4 members (excludes halogenated alkanes) is 7. The van der Waals surface area contributed by atoms with Crippen LogP contribution in [0.25, 0.3) is 10.8 Å². The monoisotopic (exact) mass is 480 g/mol. The van der Waals surface area contributed by atoms with E-state index in [2.05, 4.69) is 9.64 Å². The van der Waals surface area contributed by atoms with Crippen LogP contribution in [0.15, 0.2) is 30.3 Å². The molecule has 2 amide bonds. The van der Waals surface area contributed by atoms with Gasteiger partial charge in [0.25, 0.3) is 11.8 Å². The molecule has 2 aromatic rings. The van der Waals surface area contributed by atoms with Crippen molar-refractivity contribution >= 4 is 34.2 Å². The van der Waals surface area contributed by atoms with E-state index < -0.39 is 0 Å². The lowest BCUT2D eigenvalue weighted by atomic mass is 9.92. The average molecular weight is 481 g/mol. The molecule has 0 aliphatic carbocycles. The van der Waals surface area contributed by atoms with Crippen LogP contribution in [0, 0.1) is 0 Å². The number of anilines is 1. The van der Waals surface area contributed by atoms with Crippen molar-refractivity contribution in [2.45, 2.75) is 57.8 Å². The second kappa shape index (κ2) is 12.2. The number of esters is 1. The number of benzene rings is 2. The van der Waals surface area contributed by atoms with E-state index in [1.165, 1.54) is 12.0 Å². The highest BCUT2D eigenvalue weighted by atomic mass is 16.5. The van der Waals surface area contributed by atoms with E-state index in [1.807, 2.05) is 30.3 Å². The summed E-state index contributed by atoms with van der Waals surface area (Å²) in [5.74, 6) is -0.501. The van der Waals surface area contributed by atoms with Crippen molar-refractivity contribution in [3.63, 3.8) is 0 Å². The number of imide groups is 1. The Morgan fingerprint density at radius 1 is 0.857 bits per heavy atom. The minimum absolute atomic E-state index is 0.136. The van der Waals surface area contributed by atoms with E-state index >= 15 is 0 Å². The molecule has 0 atom stereocenters. The van der Waals surface area contributed by atoms with Crippen molar-refractivity contribution in [3.05, 3.63) is 41.5 Å². The number of hydrogen-bond acceptors (Lipinski definition) is 6. The SMILES string of the molecule is COC(=O)CCCCCCCCCCN1C(=O)c2cccc3c(N4CCOCC4)ccc(c23)C1=O. The zero-order valence-electron chi connectivity index (χ0n) is 20.7. The molecule has 35 heavy (non-hydrogen) atoms. The largest absolute Gasteiger partial charge is 0.469 e. The molecule has 7 heteroatoms. The third-order valence-electron chi connectivity index (χ3n) is 7.06. The Labute approximate surface area is 207 Å². The minimum atomic E-state index is -0.183. The molecule has 2 aliphatic rings. The average Bonchev–Trinajstić information content (AvgIpc) is 2.89. The van der Waals surface area contributed by atoms with Crippen LogP contribution in [0.3, 0.4) is 0 Å². The summed E-state index contributed by atoms with van der Waals surface area (Å²) in [6, 6.07) is 9.68. The molecule has 2 aromatic carbocycles. The van der Waals surface area contributed by atoms with Crippen LogP contribution >= 0.6 is 0 Å². The van der Waals surface area contributed by atoms with Gasteiger partial charge < -0.3 is 14.4 Å². The second-order valence-corrected chi connectivity index (χ2v) is 9.38. The molecule has 1 fully saturated rings. The molecule has 0 radical (unpaired) electrons. The smallest absolute Gasteiger partial charge is 0.305 e. The lowest BCUT2D eigenvalue weighted by Gasteiger charge is -2.32. The molecule has 4 rings (SSSR count). The van der Waals surface area contributed by atoms with Gasteiger partial charge in [-0.15, -0.1) is 0 Å². The van der Waals surface area contributed by atoms with Gasteiger partial charge in [0.2, 0.25) is 0 Å². The zero-order chi connectivity index (χ0) is 24.6. The molecule has 0 N–H and O–H groups in total. The molecular formula is C28H36N2O5. The summed E-state index contributed by atoms with van der Waals surface area (Å²) >= 11 is 0. The number of carbonyl (C=O) groups excluding carboxylic acids is 3. The lowest BCUT2D eigenvalue weighted by molar-refractivity contribution is -0.140. The van der Waals surface area contributed by atoms with Gasteiger partial charge >= 0.3 is 5.97 Å². The van der Waals surface area contributed by atoms with Crippen LogP contribution in [0.1, 0.15) is 78.5 Å². The maximum Gasteiger partial charge on any atom is 0.305 e. The number of hydrogen-bond donors (Lipinski definition) is 0. The van der Waals surface area contributed by atoms with Crippen LogP contribution in [0.2, 0.25) is 0 Å². The summed E-state index contributed by atoms with van der Waals surface area (Å²) in [4.78, 5) is 41.4. The molecule has 0 spiro atoms. The first-order valence-electron chi connectivity index (χ1n) is 12.9. The van der Waals surface area contributed by atoms with Crippen molar-refractivity contribution in [1.29, 1.82) is 0 Å². The van der Waals surface area contributed by atoms with E-state index in [4.69, 9.17) is 4.74 Å². The summed E-state index contributed by atoms with van der Waals surface area (Å²) in [5, 5.41) is 1.75. The number of morpholine rings is 1. The fourth-order valence-corrected chi connectivity index (χ4v) is 5.12. The van der Waals surface area contributed by atoms with Gasteiger partial charge in [0.1, 0.15) is 0 Å². The topological polar surface area (TPSA) is 76.2 Å². The molecule has 7 nitrogen and oxygen atoms in total. The number of amides is 2. The maximum absolute atomic E-state index is 13.3. The van der Waals surface area contributed by atoms with Gasteiger partial charge in [-0.2, -0.15) is 0 Å². The van der Waals surface area contributed by atoms with Gasteiger partial charge in [-0.25, -0.2) is 0 Å². The predicted molar refractivity (Wildman–Crippen MR) is 136 cm³/mol. The quantitative estimate of drug-likeness (QED) is 0.243. The molecule has 188 valence electrons. The Hall–Kier alpha value is -2.93. The van der Waals surface area contributed by atoms with Gasteiger partial charge in [-0.1, -0.05) is 50.7 Å². The molecule has 2 aliphatic heterocycles. The Balaban J connectivity index is 1.29. The second-order valence-electron chi connectivity index (χ2n) is 9.38. The Morgan fingerprint density at radius 3 is 2.17 bits per heavy atom. The van der Waals surface area contributed by atoms with Gasteiger partial charge in [-0.3, -0.25) is 19.3 Å². The summed E-state index contributed by atoms with van der Waals surface area (Å²) in [5.41, 5.74) is 2.31. The highest BCUT2D eigenvalue weighted by Gasteiger charge is 2.33. The van der Waals surface area contributed by atoms with Crippen molar-refractivity contribution in [3.8, 4) is 0 Å². The number of methoxy groups -OCH3 is 1. The third-order valence-corrected chi connectivity index (χ3v) is 7.06. The van der Waals surface area contributed by atoms with Crippen LogP contribution in [-0.2, 0) is 14.3 Å². The minimum Gasteiger partial charge on any atom is -0.469 e. The Morgan fingerprint density at radius 2 is 1.49 bits per heavy atom. The number of nitrogens with zero attached hydrogens (tertiary/aromatic N) is 2. The van der Waals surface area contributed by atoms with Crippen LogP contribution in [-0.4, -0.2) is 62.6 Å². The normalized spacial score (nSPS) is 15.7. The van der Waals surface area contributed by atoms with E-state index in [0.717, 1.165) is 80.9 Å². The van der Waals surface area contributed by atoms with Crippen LogP contribution < -0.4 is 4.90 Å². The summed E-state index contributed by atoms with van der Waals surface area (Å²) < 4.78 is 10.1. The van der Waals surface area contributed by atoms with E-state index in [-0.39, 0.29) is 17.8 Å². The molecule has 0 saturated carbocycles. The highest BCUT2D eigenvalue weighted by Crippen LogP contribution is 2.36. The summed E-state index contributed by atoms with van der Waals surface area (Å²) in [6.07, 6.45) is 8.72. The van der Waals surface area contributed by atoms with Gasteiger partial charge in [-0.05, 0) is 31.0 Å². The lowest BCUT2D eigenvalue weighted by Crippen LogP contribution is -2.41. The molecule has 0 unspecified atom stereocenters. The summed E-state index contributed by atoms with van der Waals surface area (Å²) in [7, 11) is 1.43. The standard InChI is InChI=1S/C28H36N2O5/c1-34-25(31)13-8-6-4-2-3-5-7-9-16-30-27(32)22-12-10-11-21-24(29-17-19-35-20-18-29)15-14-23(26(21)22)28(30)33/h10-12,14-15H,2-9,13,16-20H2,1H3. The van der Waals surface area contributed by atoms with Gasteiger partial charge in [0, 0.05) is 53.6 Å². The number of ether oxygens (including phenoxy) is 2. The first kappa shape index (κ1) is 25.2. The molecule has 0 bridgehead atoms. The maximum atomic E-state index is 13.3. The third kappa shape index (κ3) is 5.84. The van der Waals surface area contributed by atoms with E-state index in [0.29, 0.717) is 37.3 Å². The van der Waals surface area contributed by atoms with Crippen molar-refractivity contribution in [2.24, 2.45) is 0 Å². The van der Waals surface area contributed by atoms with Crippen LogP contribution in [0.4, 0.5) is 5.69 Å². The van der Waals surface area contributed by atoms with Crippen LogP contribution in [0.5, 0.6) is 0 Å². The van der Waals surface area contributed by atoms with E-state index in [9.17, 15) is 14.4 Å². The first-order valence-corrected chi connectivity index (χ1v) is 12.9. The van der Waals surface area contributed by atoms with E-state index in [1.54, 1.807) is 0 Å². The molecule has 1 saturated heterocycles. The summed E-state index contributed by atoms with van der Waals surface area (Å²) in [6.45, 7) is 3.44. The Bertz CT molecular complexity index is 1040. The Kier molecular flexibility index (Phi) is 8.74. The fourth-order valence-electron chi connectivity index (χ4n) is 5.12. The van der Waals surface area contributed by atoms with Gasteiger partial charge in [0.05, 0.1) is 20.3 Å². The molecule has 0 aromatic heterocycles. The van der Waals surface area contributed by atoms with Gasteiger partial charge in [0.15, 0.2) is 0 Å². The predicted octanol–water partition coefficient (Wildman–Crippen LogP) is 4.96. The van der Waals surface area contributed by atoms with Crippen molar-refractivity contribution < 1.29 is 23.9 Å². The zero-order valence-corrected chi connectivity index (χ0v) is 20.7. The molecule has 2 heterocycles.